The fourth-order valence-corrected chi connectivity index (χ4v) is 3.32. The molecule has 20 heavy (non-hydrogen) atoms. The van der Waals surface area contributed by atoms with Crippen molar-refractivity contribution in [2.75, 3.05) is 26.3 Å². The summed E-state index contributed by atoms with van der Waals surface area (Å²) in [5.74, 6) is 0.704. The standard InChI is InChI=1S/C17H26BrNO/c1-14(2)12-19-13-17(7-9-20-10-8-17)11-15-5-3-4-6-16(15)18/h3-6,14,19H,7-13H2,1-2H3. The molecule has 0 amide bonds. The molecule has 0 atom stereocenters. The molecule has 1 aromatic rings. The molecule has 0 aliphatic carbocycles. The molecule has 0 radical (unpaired) electrons. The van der Waals surface area contributed by atoms with Crippen molar-refractivity contribution in [3.8, 4) is 0 Å². The highest BCUT2D eigenvalue weighted by Crippen LogP contribution is 2.35. The van der Waals surface area contributed by atoms with E-state index in [9.17, 15) is 0 Å². The predicted molar refractivity (Wildman–Crippen MR) is 88.0 cm³/mol. The van der Waals surface area contributed by atoms with Gasteiger partial charge < -0.3 is 10.1 Å². The van der Waals surface area contributed by atoms with Crippen molar-refractivity contribution in [3.05, 3.63) is 34.3 Å². The molecule has 1 aliphatic heterocycles. The van der Waals surface area contributed by atoms with Crippen molar-refractivity contribution < 1.29 is 4.74 Å². The van der Waals surface area contributed by atoms with Crippen molar-refractivity contribution in [2.24, 2.45) is 11.3 Å². The number of hydrogen-bond acceptors (Lipinski definition) is 2. The van der Waals surface area contributed by atoms with Crippen LogP contribution in [0.15, 0.2) is 28.7 Å². The molecular weight excluding hydrogens is 314 g/mol. The Morgan fingerprint density at radius 3 is 2.60 bits per heavy atom. The number of benzene rings is 1. The summed E-state index contributed by atoms with van der Waals surface area (Å²) in [5, 5.41) is 3.66. The molecule has 3 heteroatoms. The van der Waals surface area contributed by atoms with E-state index in [0.29, 0.717) is 11.3 Å². The van der Waals surface area contributed by atoms with Gasteiger partial charge in [-0.1, -0.05) is 48.0 Å². The third-order valence-corrected chi connectivity index (χ3v) is 4.90. The molecule has 1 aromatic carbocycles. The molecule has 2 rings (SSSR count). The lowest BCUT2D eigenvalue weighted by molar-refractivity contribution is 0.0146. The molecule has 0 spiro atoms. The summed E-state index contributed by atoms with van der Waals surface area (Å²) in [4.78, 5) is 0. The molecule has 0 bridgehead atoms. The van der Waals surface area contributed by atoms with Crippen LogP contribution in [-0.2, 0) is 11.2 Å². The SMILES string of the molecule is CC(C)CNCC1(Cc2ccccc2Br)CCOCC1. The van der Waals surface area contributed by atoms with Crippen LogP contribution in [-0.4, -0.2) is 26.3 Å². The van der Waals surface area contributed by atoms with E-state index < -0.39 is 0 Å². The van der Waals surface area contributed by atoms with Crippen LogP contribution in [0, 0.1) is 11.3 Å². The summed E-state index contributed by atoms with van der Waals surface area (Å²) in [6.45, 7) is 8.50. The van der Waals surface area contributed by atoms with Gasteiger partial charge in [0.15, 0.2) is 0 Å². The van der Waals surface area contributed by atoms with Gasteiger partial charge in [0.25, 0.3) is 0 Å². The molecule has 0 unspecified atom stereocenters. The maximum absolute atomic E-state index is 5.58. The van der Waals surface area contributed by atoms with E-state index in [4.69, 9.17) is 4.74 Å². The minimum absolute atomic E-state index is 0.344. The van der Waals surface area contributed by atoms with Gasteiger partial charge in [-0.15, -0.1) is 0 Å². The predicted octanol–water partition coefficient (Wildman–Crippen LogP) is 4.03. The van der Waals surface area contributed by atoms with Gasteiger partial charge in [-0.3, -0.25) is 0 Å². The molecule has 2 nitrogen and oxygen atoms in total. The zero-order valence-corrected chi connectivity index (χ0v) is 14.2. The van der Waals surface area contributed by atoms with Gasteiger partial charge in [0.1, 0.15) is 0 Å². The van der Waals surface area contributed by atoms with Crippen molar-refractivity contribution in [1.82, 2.24) is 5.32 Å². The molecule has 1 heterocycles. The first-order valence-electron chi connectivity index (χ1n) is 7.63. The zero-order chi connectivity index (χ0) is 14.4. The van der Waals surface area contributed by atoms with Gasteiger partial charge in [-0.25, -0.2) is 0 Å². The maximum Gasteiger partial charge on any atom is 0.0471 e. The first kappa shape index (κ1) is 16.0. The summed E-state index contributed by atoms with van der Waals surface area (Å²) in [6, 6.07) is 8.60. The highest BCUT2D eigenvalue weighted by atomic mass is 79.9. The second-order valence-electron chi connectivity index (χ2n) is 6.41. The third kappa shape index (κ3) is 4.57. The van der Waals surface area contributed by atoms with E-state index in [1.165, 1.54) is 10.0 Å². The highest BCUT2D eigenvalue weighted by molar-refractivity contribution is 9.10. The van der Waals surface area contributed by atoms with Crippen LogP contribution in [0.5, 0.6) is 0 Å². The average Bonchev–Trinajstić information content (AvgIpc) is 2.42. The van der Waals surface area contributed by atoms with Gasteiger partial charge in [-0.05, 0) is 48.8 Å². The third-order valence-electron chi connectivity index (χ3n) is 4.13. The summed E-state index contributed by atoms with van der Waals surface area (Å²) >= 11 is 3.69. The minimum atomic E-state index is 0.344. The van der Waals surface area contributed by atoms with E-state index in [-0.39, 0.29) is 0 Å². The van der Waals surface area contributed by atoms with Crippen LogP contribution in [0.3, 0.4) is 0 Å². The van der Waals surface area contributed by atoms with Crippen LogP contribution in [0.1, 0.15) is 32.3 Å². The first-order chi connectivity index (χ1) is 9.61. The Hall–Kier alpha value is -0.380. The Labute approximate surface area is 131 Å². The monoisotopic (exact) mass is 339 g/mol. The number of halogens is 1. The molecule has 1 saturated heterocycles. The van der Waals surface area contributed by atoms with Crippen LogP contribution in [0.25, 0.3) is 0 Å². The summed E-state index contributed by atoms with van der Waals surface area (Å²) in [5.41, 5.74) is 1.76. The molecule has 1 fully saturated rings. The lowest BCUT2D eigenvalue weighted by Gasteiger charge is -2.38. The van der Waals surface area contributed by atoms with Crippen LogP contribution >= 0.6 is 15.9 Å². The van der Waals surface area contributed by atoms with Gasteiger partial charge in [-0.2, -0.15) is 0 Å². The lowest BCUT2D eigenvalue weighted by Crippen LogP contribution is -2.41. The van der Waals surface area contributed by atoms with Crippen molar-refractivity contribution >= 4 is 15.9 Å². The van der Waals surface area contributed by atoms with Gasteiger partial charge in [0.2, 0.25) is 0 Å². The van der Waals surface area contributed by atoms with E-state index in [1.54, 1.807) is 0 Å². The smallest absolute Gasteiger partial charge is 0.0471 e. The lowest BCUT2D eigenvalue weighted by atomic mass is 9.75. The molecule has 112 valence electrons. The average molecular weight is 340 g/mol. The summed E-state index contributed by atoms with van der Waals surface area (Å²) in [6.07, 6.45) is 3.43. The molecule has 1 N–H and O–H groups in total. The van der Waals surface area contributed by atoms with E-state index in [0.717, 1.165) is 45.6 Å². The Morgan fingerprint density at radius 2 is 1.95 bits per heavy atom. The first-order valence-corrected chi connectivity index (χ1v) is 8.42. The Balaban J connectivity index is 2.04. The number of nitrogens with one attached hydrogen (secondary N) is 1. The molecule has 0 saturated carbocycles. The molecule has 0 aromatic heterocycles. The van der Waals surface area contributed by atoms with Crippen molar-refractivity contribution in [2.45, 2.75) is 33.1 Å². The topological polar surface area (TPSA) is 21.3 Å². The Bertz CT molecular complexity index is 413. The van der Waals surface area contributed by atoms with Crippen LogP contribution < -0.4 is 5.32 Å². The number of ether oxygens (including phenoxy) is 1. The molecule has 1 aliphatic rings. The molecular formula is C17H26BrNO. The van der Waals surface area contributed by atoms with Gasteiger partial charge in [0, 0.05) is 24.2 Å². The van der Waals surface area contributed by atoms with Gasteiger partial charge >= 0.3 is 0 Å². The van der Waals surface area contributed by atoms with E-state index in [1.807, 2.05) is 0 Å². The summed E-state index contributed by atoms with van der Waals surface area (Å²) in [7, 11) is 0. The fourth-order valence-electron chi connectivity index (χ4n) is 2.89. The summed E-state index contributed by atoms with van der Waals surface area (Å²) < 4.78 is 6.81. The number of hydrogen-bond donors (Lipinski definition) is 1. The van der Waals surface area contributed by atoms with Crippen LogP contribution in [0.2, 0.25) is 0 Å². The highest BCUT2D eigenvalue weighted by Gasteiger charge is 2.32. The normalized spacial score (nSPS) is 18.4. The van der Waals surface area contributed by atoms with Crippen molar-refractivity contribution in [3.63, 3.8) is 0 Å². The van der Waals surface area contributed by atoms with E-state index >= 15 is 0 Å². The zero-order valence-electron chi connectivity index (χ0n) is 12.6. The van der Waals surface area contributed by atoms with Gasteiger partial charge in [0.05, 0.1) is 0 Å². The number of rotatable bonds is 6. The van der Waals surface area contributed by atoms with E-state index in [2.05, 4.69) is 59.4 Å². The minimum Gasteiger partial charge on any atom is -0.381 e. The largest absolute Gasteiger partial charge is 0.381 e. The van der Waals surface area contributed by atoms with Crippen molar-refractivity contribution in [1.29, 1.82) is 0 Å². The quantitative estimate of drug-likeness (QED) is 0.844. The maximum atomic E-state index is 5.58. The fraction of sp³-hybridized carbons (Fsp3) is 0.647. The Morgan fingerprint density at radius 1 is 1.25 bits per heavy atom. The Kier molecular flexibility index (Phi) is 6.06. The van der Waals surface area contributed by atoms with Crippen LogP contribution in [0.4, 0.5) is 0 Å². The second-order valence-corrected chi connectivity index (χ2v) is 7.26. The second kappa shape index (κ2) is 7.58.